The van der Waals surface area contributed by atoms with Crippen molar-refractivity contribution in [1.29, 1.82) is 5.26 Å². The van der Waals surface area contributed by atoms with Crippen molar-refractivity contribution in [3.8, 4) is 6.07 Å². The average Bonchev–Trinajstić information content (AvgIpc) is 2.28. The van der Waals surface area contributed by atoms with E-state index in [1.54, 1.807) is 6.07 Å². The second kappa shape index (κ2) is 7.11. The predicted molar refractivity (Wildman–Crippen MR) is 83.2 cm³/mol. The van der Waals surface area contributed by atoms with Crippen LogP contribution in [0.25, 0.3) is 0 Å². The number of nitriles is 1. The van der Waals surface area contributed by atoms with Gasteiger partial charge in [-0.3, -0.25) is 0 Å². The molecule has 0 saturated carbocycles. The first-order valence-electron chi connectivity index (χ1n) is 5.66. The van der Waals surface area contributed by atoms with E-state index < -0.39 is 0 Å². The van der Waals surface area contributed by atoms with E-state index in [-0.39, 0.29) is 30.6 Å². The van der Waals surface area contributed by atoms with Gasteiger partial charge in [-0.05, 0) is 54.4 Å². The molecule has 6 heteroatoms. The second-order valence-electron chi connectivity index (χ2n) is 5.21. The van der Waals surface area contributed by atoms with Gasteiger partial charge in [0.15, 0.2) is 0 Å². The summed E-state index contributed by atoms with van der Waals surface area (Å²) in [5, 5.41) is 21.8. The molecule has 4 nitrogen and oxygen atoms in total. The van der Waals surface area contributed by atoms with Crippen molar-refractivity contribution in [1.82, 2.24) is 5.32 Å². The number of nitrogens with one attached hydrogen (secondary N) is 1. The van der Waals surface area contributed by atoms with Gasteiger partial charge in [-0.1, -0.05) is 0 Å². The molecule has 0 aliphatic heterocycles. The standard InChI is InChI=1S/C13H18BrN3O.ClH/c1-13(2,3)17-11(7-18)8-4-9(6-15)12(16)10(14)5-8;/h4-5,11,17-18H,7,16H2,1-3H3;1H. The number of hydrogen-bond donors (Lipinski definition) is 3. The summed E-state index contributed by atoms with van der Waals surface area (Å²) < 4.78 is 0.672. The Morgan fingerprint density at radius 1 is 1.47 bits per heavy atom. The van der Waals surface area contributed by atoms with Gasteiger partial charge in [0, 0.05) is 10.0 Å². The highest BCUT2D eigenvalue weighted by atomic mass is 79.9. The zero-order valence-corrected chi connectivity index (χ0v) is 13.6. The number of halogens is 2. The van der Waals surface area contributed by atoms with Gasteiger partial charge < -0.3 is 16.2 Å². The summed E-state index contributed by atoms with van der Waals surface area (Å²) in [5.41, 5.74) is 7.32. The van der Waals surface area contributed by atoms with Gasteiger partial charge in [-0.15, -0.1) is 12.4 Å². The fourth-order valence-corrected chi connectivity index (χ4v) is 2.17. The minimum atomic E-state index is -0.228. The monoisotopic (exact) mass is 347 g/mol. The van der Waals surface area contributed by atoms with Crippen molar-refractivity contribution in [3.05, 3.63) is 27.7 Å². The number of nitrogens with zero attached hydrogens (tertiary/aromatic N) is 1. The van der Waals surface area contributed by atoms with Crippen LogP contribution < -0.4 is 11.1 Å². The molecule has 0 heterocycles. The fourth-order valence-electron chi connectivity index (χ4n) is 1.69. The van der Waals surface area contributed by atoms with Gasteiger partial charge >= 0.3 is 0 Å². The smallest absolute Gasteiger partial charge is 0.101 e. The van der Waals surface area contributed by atoms with E-state index in [9.17, 15) is 5.11 Å². The minimum Gasteiger partial charge on any atom is -0.397 e. The van der Waals surface area contributed by atoms with Crippen LogP contribution in [0.15, 0.2) is 16.6 Å². The zero-order valence-electron chi connectivity index (χ0n) is 11.2. The number of benzene rings is 1. The molecule has 1 aromatic carbocycles. The summed E-state index contributed by atoms with van der Waals surface area (Å²) in [4.78, 5) is 0. The Bertz CT molecular complexity index is 480. The van der Waals surface area contributed by atoms with Crippen LogP contribution in [-0.2, 0) is 0 Å². The Hall–Kier alpha value is -0.800. The van der Waals surface area contributed by atoms with E-state index in [1.165, 1.54) is 0 Å². The lowest BCUT2D eigenvalue weighted by Gasteiger charge is -2.28. The van der Waals surface area contributed by atoms with Crippen LogP contribution in [0.3, 0.4) is 0 Å². The highest BCUT2D eigenvalue weighted by Gasteiger charge is 2.19. The number of hydrogen-bond acceptors (Lipinski definition) is 4. The van der Waals surface area contributed by atoms with Gasteiger partial charge in [0.05, 0.1) is 23.9 Å². The van der Waals surface area contributed by atoms with Gasteiger partial charge in [0.1, 0.15) is 6.07 Å². The van der Waals surface area contributed by atoms with E-state index in [2.05, 4.69) is 27.3 Å². The largest absolute Gasteiger partial charge is 0.397 e. The van der Waals surface area contributed by atoms with E-state index in [1.807, 2.05) is 26.8 Å². The Labute approximate surface area is 128 Å². The third-order valence-electron chi connectivity index (χ3n) is 2.46. The SMILES string of the molecule is CC(C)(C)NC(CO)c1cc(Br)c(N)c(C#N)c1.Cl. The van der Waals surface area contributed by atoms with Crippen molar-refractivity contribution < 1.29 is 5.11 Å². The summed E-state index contributed by atoms with van der Waals surface area (Å²) in [6.45, 7) is 6.02. The molecule has 0 amide bonds. The lowest BCUT2D eigenvalue weighted by atomic mass is 10.00. The molecule has 0 fully saturated rings. The summed E-state index contributed by atoms with van der Waals surface area (Å²) in [7, 11) is 0. The van der Waals surface area contributed by atoms with Crippen LogP contribution in [-0.4, -0.2) is 17.3 Å². The normalized spacial score (nSPS) is 12.4. The van der Waals surface area contributed by atoms with Crippen molar-refractivity contribution in [2.75, 3.05) is 12.3 Å². The maximum absolute atomic E-state index is 9.47. The third-order valence-corrected chi connectivity index (χ3v) is 3.12. The van der Waals surface area contributed by atoms with Crippen LogP contribution >= 0.6 is 28.3 Å². The summed E-state index contributed by atoms with van der Waals surface area (Å²) >= 11 is 3.33. The molecule has 0 aliphatic rings. The lowest BCUT2D eigenvalue weighted by molar-refractivity contribution is 0.217. The number of aliphatic hydroxyl groups is 1. The topological polar surface area (TPSA) is 82.1 Å². The summed E-state index contributed by atoms with van der Waals surface area (Å²) in [5.74, 6) is 0. The molecular formula is C13H19BrClN3O. The molecule has 106 valence electrons. The highest BCUT2D eigenvalue weighted by molar-refractivity contribution is 9.10. The Morgan fingerprint density at radius 2 is 2.05 bits per heavy atom. The molecular weight excluding hydrogens is 330 g/mol. The van der Waals surface area contributed by atoms with Crippen LogP contribution in [0, 0.1) is 11.3 Å². The maximum Gasteiger partial charge on any atom is 0.101 e. The number of nitrogen functional groups attached to an aromatic ring is 1. The molecule has 0 bridgehead atoms. The van der Waals surface area contributed by atoms with Gasteiger partial charge in [-0.2, -0.15) is 5.26 Å². The lowest BCUT2D eigenvalue weighted by Crippen LogP contribution is -2.40. The Balaban J connectivity index is 0.00000324. The first-order chi connectivity index (χ1) is 8.28. The van der Waals surface area contributed by atoms with Crippen LogP contribution in [0.2, 0.25) is 0 Å². The highest BCUT2D eigenvalue weighted by Crippen LogP contribution is 2.28. The van der Waals surface area contributed by atoms with Crippen LogP contribution in [0.4, 0.5) is 5.69 Å². The van der Waals surface area contributed by atoms with Crippen molar-refractivity contribution >= 4 is 34.0 Å². The number of rotatable bonds is 3. The van der Waals surface area contributed by atoms with E-state index in [4.69, 9.17) is 11.0 Å². The minimum absolute atomic E-state index is 0. The van der Waals surface area contributed by atoms with Crippen LogP contribution in [0.1, 0.15) is 37.9 Å². The average molecular weight is 349 g/mol. The number of nitrogens with two attached hydrogens (primary N) is 1. The molecule has 1 rings (SSSR count). The molecule has 4 N–H and O–H groups in total. The van der Waals surface area contributed by atoms with Gasteiger partial charge in [-0.25, -0.2) is 0 Å². The fraction of sp³-hybridized carbons (Fsp3) is 0.462. The third kappa shape index (κ3) is 5.00. The van der Waals surface area contributed by atoms with E-state index >= 15 is 0 Å². The van der Waals surface area contributed by atoms with Crippen molar-refractivity contribution in [2.45, 2.75) is 32.4 Å². The number of anilines is 1. The molecule has 1 atom stereocenters. The Kier molecular flexibility index (Phi) is 6.81. The first kappa shape index (κ1) is 18.2. The van der Waals surface area contributed by atoms with Gasteiger partial charge in [0.25, 0.3) is 0 Å². The molecule has 0 aliphatic carbocycles. The summed E-state index contributed by atoms with van der Waals surface area (Å²) in [6.07, 6.45) is 0. The molecule has 1 unspecified atom stereocenters. The number of aliphatic hydroxyl groups excluding tert-OH is 1. The maximum atomic E-state index is 9.47. The van der Waals surface area contributed by atoms with Crippen LogP contribution in [0.5, 0.6) is 0 Å². The van der Waals surface area contributed by atoms with Gasteiger partial charge in [0.2, 0.25) is 0 Å². The summed E-state index contributed by atoms with van der Waals surface area (Å²) in [6, 6.07) is 5.36. The molecule has 0 spiro atoms. The molecule has 1 aromatic rings. The predicted octanol–water partition coefficient (Wildman–Crippen LogP) is 2.75. The van der Waals surface area contributed by atoms with E-state index in [0.717, 1.165) is 5.56 Å². The Morgan fingerprint density at radius 3 is 2.47 bits per heavy atom. The molecule has 19 heavy (non-hydrogen) atoms. The zero-order chi connectivity index (χ0) is 13.9. The molecule has 0 saturated heterocycles. The quantitative estimate of drug-likeness (QED) is 0.734. The van der Waals surface area contributed by atoms with Crippen molar-refractivity contribution in [3.63, 3.8) is 0 Å². The molecule has 0 aromatic heterocycles. The second-order valence-corrected chi connectivity index (χ2v) is 6.06. The van der Waals surface area contributed by atoms with E-state index in [0.29, 0.717) is 15.7 Å². The molecule has 0 radical (unpaired) electrons. The van der Waals surface area contributed by atoms with Crippen molar-refractivity contribution in [2.24, 2.45) is 0 Å². The first-order valence-corrected chi connectivity index (χ1v) is 6.45.